The summed E-state index contributed by atoms with van der Waals surface area (Å²) in [6.07, 6.45) is 0. The predicted octanol–water partition coefficient (Wildman–Crippen LogP) is 7.71. The topological polar surface area (TPSA) is 23.6 Å². The van der Waals surface area contributed by atoms with Crippen molar-refractivity contribution in [2.45, 2.75) is 20.8 Å². The van der Waals surface area contributed by atoms with Crippen LogP contribution in [0.15, 0.2) is 103 Å². The second-order valence-electron chi connectivity index (χ2n) is 7.65. The van der Waals surface area contributed by atoms with E-state index in [0.717, 1.165) is 39.4 Å². The standard InChI is InChI=1S/C28H26N2O/c1-21-13-7-10-18-25(21)29(24-16-5-4-6-17-24)28(31)30(26-19-11-8-14-22(26)2)27-20-12-9-15-23(27)3/h4-20H,1-3H3. The Labute approximate surface area is 184 Å². The van der Waals surface area contributed by atoms with E-state index in [1.807, 2.05) is 129 Å². The van der Waals surface area contributed by atoms with Crippen LogP contribution in [0.3, 0.4) is 0 Å². The number of benzene rings is 4. The van der Waals surface area contributed by atoms with Crippen LogP contribution in [0.25, 0.3) is 0 Å². The number of carbonyl (C=O) groups excluding carboxylic acids is 1. The van der Waals surface area contributed by atoms with Gasteiger partial charge in [-0.1, -0.05) is 72.8 Å². The summed E-state index contributed by atoms with van der Waals surface area (Å²) in [5.41, 5.74) is 6.55. The molecule has 0 saturated carbocycles. The van der Waals surface area contributed by atoms with Gasteiger partial charge in [-0.15, -0.1) is 0 Å². The largest absolute Gasteiger partial charge is 0.338 e. The summed E-state index contributed by atoms with van der Waals surface area (Å²) in [6, 6.07) is 33.7. The van der Waals surface area contributed by atoms with E-state index in [1.165, 1.54) is 0 Å². The molecule has 0 unspecified atom stereocenters. The van der Waals surface area contributed by atoms with Gasteiger partial charge in [-0.3, -0.25) is 9.80 Å². The van der Waals surface area contributed by atoms with Crippen LogP contribution in [0.4, 0.5) is 27.5 Å². The van der Waals surface area contributed by atoms with E-state index in [9.17, 15) is 4.79 Å². The minimum absolute atomic E-state index is 0.121. The lowest BCUT2D eigenvalue weighted by Gasteiger charge is -2.33. The molecule has 4 rings (SSSR count). The van der Waals surface area contributed by atoms with E-state index in [2.05, 4.69) is 0 Å². The highest BCUT2D eigenvalue weighted by atomic mass is 16.2. The molecule has 0 N–H and O–H groups in total. The maximum atomic E-state index is 14.4. The highest BCUT2D eigenvalue weighted by Crippen LogP contribution is 2.36. The first-order valence-electron chi connectivity index (χ1n) is 10.4. The van der Waals surface area contributed by atoms with E-state index < -0.39 is 0 Å². The Bertz CT molecular complexity index is 1150. The number of amides is 2. The highest BCUT2D eigenvalue weighted by Gasteiger charge is 2.29. The minimum Gasteiger partial charge on any atom is -0.262 e. The van der Waals surface area contributed by atoms with Gasteiger partial charge in [0.2, 0.25) is 0 Å². The number of aryl methyl sites for hydroxylation is 3. The fourth-order valence-corrected chi connectivity index (χ4v) is 3.81. The molecule has 3 nitrogen and oxygen atoms in total. The van der Waals surface area contributed by atoms with Crippen LogP contribution in [0, 0.1) is 20.8 Å². The summed E-state index contributed by atoms with van der Waals surface area (Å²) in [6.45, 7) is 6.10. The quantitative estimate of drug-likeness (QED) is 0.340. The lowest BCUT2D eigenvalue weighted by atomic mass is 10.1. The van der Waals surface area contributed by atoms with E-state index in [0.29, 0.717) is 0 Å². The van der Waals surface area contributed by atoms with Crippen molar-refractivity contribution >= 4 is 28.8 Å². The number of rotatable bonds is 4. The van der Waals surface area contributed by atoms with E-state index >= 15 is 0 Å². The van der Waals surface area contributed by atoms with Crippen LogP contribution >= 0.6 is 0 Å². The van der Waals surface area contributed by atoms with Gasteiger partial charge in [0, 0.05) is 0 Å². The van der Waals surface area contributed by atoms with Crippen LogP contribution in [-0.4, -0.2) is 6.03 Å². The van der Waals surface area contributed by atoms with Gasteiger partial charge < -0.3 is 0 Å². The normalized spacial score (nSPS) is 10.5. The zero-order chi connectivity index (χ0) is 21.8. The molecule has 0 aromatic heterocycles. The van der Waals surface area contributed by atoms with Crippen molar-refractivity contribution in [1.29, 1.82) is 0 Å². The molecular formula is C28H26N2O. The first kappa shape index (κ1) is 20.4. The average Bonchev–Trinajstić information content (AvgIpc) is 2.79. The van der Waals surface area contributed by atoms with Crippen molar-refractivity contribution in [2.75, 3.05) is 9.80 Å². The molecule has 0 atom stereocenters. The van der Waals surface area contributed by atoms with E-state index in [4.69, 9.17) is 0 Å². The molecular weight excluding hydrogens is 380 g/mol. The number of urea groups is 1. The third kappa shape index (κ3) is 4.08. The molecule has 154 valence electrons. The molecule has 2 amide bonds. The van der Waals surface area contributed by atoms with Crippen molar-refractivity contribution in [1.82, 2.24) is 0 Å². The molecule has 0 spiro atoms. The second kappa shape index (κ2) is 8.88. The molecule has 4 aromatic rings. The number of para-hydroxylation sites is 4. The smallest absolute Gasteiger partial charge is 0.262 e. The number of anilines is 4. The van der Waals surface area contributed by atoms with Crippen LogP contribution in [-0.2, 0) is 0 Å². The second-order valence-corrected chi connectivity index (χ2v) is 7.65. The molecule has 0 radical (unpaired) electrons. The SMILES string of the molecule is Cc1ccccc1N(C(=O)N(c1ccccc1C)c1ccccc1C)c1ccccc1. The Morgan fingerprint density at radius 3 is 1.26 bits per heavy atom. The summed E-state index contributed by atoms with van der Waals surface area (Å²) in [5, 5.41) is 0. The maximum Gasteiger partial charge on any atom is 0.338 e. The van der Waals surface area contributed by atoms with Crippen molar-refractivity contribution in [2.24, 2.45) is 0 Å². The molecule has 3 heteroatoms. The van der Waals surface area contributed by atoms with Gasteiger partial charge in [-0.05, 0) is 67.8 Å². The summed E-state index contributed by atoms with van der Waals surface area (Å²) >= 11 is 0. The zero-order valence-corrected chi connectivity index (χ0v) is 18.1. The Morgan fingerprint density at radius 1 is 0.484 bits per heavy atom. The molecule has 0 fully saturated rings. The monoisotopic (exact) mass is 406 g/mol. The minimum atomic E-state index is -0.121. The highest BCUT2D eigenvalue weighted by molar-refractivity contribution is 6.13. The van der Waals surface area contributed by atoms with Crippen molar-refractivity contribution in [3.8, 4) is 0 Å². The molecule has 0 heterocycles. The van der Waals surface area contributed by atoms with Gasteiger partial charge in [0.1, 0.15) is 0 Å². The first-order chi connectivity index (χ1) is 15.1. The summed E-state index contributed by atoms with van der Waals surface area (Å²) in [4.78, 5) is 18.0. The molecule has 0 bridgehead atoms. The summed E-state index contributed by atoms with van der Waals surface area (Å²) < 4.78 is 0. The van der Waals surface area contributed by atoms with Crippen molar-refractivity contribution in [3.05, 3.63) is 120 Å². The molecule has 0 aliphatic rings. The van der Waals surface area contributed by atoms with E-state index in [-0.39, 0.29) is 6.03 Å². The Morgan fingerprint density at radius 2 is 0.839 bits per heavy atom. The Kier molecular flexibility index (Phi) is 5.85. The number of nitrogens with zero attached hydrogens (tertiary/aromatic N) is 2. The first-order valence-corrected chi connectivity index (χ1v) is 10.4. The lowest BCUT2D eigenvalue weighted by molar-refractivity contribution is 0.255. The molecule has 4 aromatic carbocycles. The third-order valence-corrected chi connectivity index (χ3v) is 5.47. The lowest BCUT2D eigenvalue weighted by Crippen LogP contribution is -2.39. The third-order valence-electron chi connectivity index (χ3n) is 5.47. The molecule has 0 aliphatic carbocycles. The predicted molar refractivity (Wildman–Crippen MR) is 130 cm³/mol. The molecule has 31 heavy (non-hydrogen) atoms. The maximum absolute atomic E-state index is 14.4. The van der Waals surface area contributed by atoms with Crippen LogP contribution in [0.1, 0.15) is 16.7 Å². The van der Waals surface area contributed by atoms with Crippen molar-refractivity contribution < 1.29 is 4.79 Å². The Hall–Kier alpha value is -3.85. The van der Waals surface area contributed by atoms with Crippen LogP contribution < -0.4 is 9.80 Å². The van der Waals surface area contributed by atoms with Gasteiger partial charge in [0.25, 0.3) is 0 Å². The van der Waals surface area contributed by atoms with Gasteiger partial charge in [0.15, 0.2) is 0 Å². The van der Waals surface area contributed by atoms with Crippen LogP contribution in [0.2, 0.25) is 0 Å². The van der Waals surface area contributed by atoms with Crippen LogP contribution in [0.5, 0.6) is 0 Å². The number of hydrogen-bond donors (Lipinski definition) is 0. The van der Waals surface area contributed by atoms with Gasteiger partial charge >= 0.3 is 6.03 Å². The molecule has 0 aliphatic heterocycles. The number of hydrogen-bond acceptors (Lipinski definition) is 1. The van der Waals surface area contributed by atoms with Gasteiger partial charge in [-0.2, -0.15) is 0 Å². The summed E-state index contributed by atoms with van der Waals surface area (Å²) in [7, 11) is 0. The fourth-order valence-electron chi connectivity index (χ4n) is 3.81. The number of carbonyl (C=O) groups is 1. The van der Waals surface area contributed by atoms with Gasteiger partial charge in [0.05, 0.1) is 22.7 Å². The van der Waals surface area contributed by atoms with Crippen molar-refractivity contribution in [3.63, 3.8) is 0 Å². The fraction of sp³-hybridized carbons (Fsp3) is 0.107. The summed E-state index contributed by atoms with van der Waals surface area (Å²) in [5.74, 6) is 0. The Balaban J connectivity index is 1.94. The molecule has 0 saturated heterocycles. The van der Waals surface area contributed by atoms with Gasteiger partial charge in [-0.25, -0.2) is 4.79 Å². The van der Waals surface area contributed by atoms with E-state index in [1.54, 1.807) is 4.90 Å². The zero-order valence-electron chi connectivity index (χ0n) is 18.1. The average molecular weight is 407 g/mol.